The third-order valence-electron chi connectivity index (χ3n) is 6.01. The van der Waals surface area contributed by atoms with E-state index in [9.17, 15) is 5.11 Å². The number of aliphatic hydroxyl groups is 1. The van der Waals surface area contributed by atoms with Crippen LogP contribution < -0.4 is 0 Å². The Hall–Kier alpha value is -2.72. The van der Waals surface area contributed by atoms with Gasteiger partial charge >= 0.3 is 0 Å². The molecule has 0 fully saturated rings. The highest BCUT2D eigenvalue weighted by Gasteiger charge is 2.39. The Morgan fingerprint density at radius 3 is 1.81 bits per heavy atom. The lowest BCUT2D eigenvalue weighted by atomic mass is 9.75. The quantitative estimate of drug-likeness (QED) is 0.314. The van der Waals surface area contributed by atoms with Gasteiger partial charge in [0.05, 0.1) is 6.61 Å². The summed E-state index contributed by atoms with van der Waals surface area (Å²) in [5.74, 6) is 0. The molecular formula is C28H27O2Si. The number of rotatable bonds is 5. The van der Waals surface area contributed by atoms with Gasteiger partial charge in [0.15, 0.2) is 0 Å². The van der Waals surface area contributed by atoms with Crippen molar-refractivity contribution in [1.82, 2.24) is 0 Å². The van der Waals surface area contributed by atoms with Gasteiger partial charge in [0.1, 0.15) is 5.60 Å². The van der Waals surface area contributed by atoms with Crippen molar-refractivity contribution < 1.29 is 9.53 Å². The van der Waals surface area contributed by atoms with Crippen LogP contribution in [0.5, 0.6) is 0 Å². The molecule has 31 heavy (non-hydrogen) atoms. The van der Waals surface area contributed by atoms with Crippen LogP contribution in [0.1, 0.15) is 48.6 Å². The SMILES string of the molecule is CC(C)(C)c1ccc2c(C(O[Si])(c3ccccc3)c3ccccc3)c(CO)ccc2c1. The summed E-state index contributed by atoms with van der Waals surface area (Å²) in [4.78, 5) is 0. The van der Waals surface area contributed by atoms with Gasteiger partial charge in [-0.2, -0.15) is 0 Å². The second kappa shape index (κ2) is 8.43. The van der Waals surface area contributed by atoms with Gasteiger partial charge in [-0.1, -0.05) is 112 Å². The minimum absolute atomic E-state index is 0.0472. The molecule has 0 unspecified atom stereocenters. The Morgan fingerprint density at radius 1 is 0.742 bits per heavy atom. The lowest BCUT2D eigenvalue weighted by Crippen LogP contribution is -2.33. The summed E-state index contributed by atoms with van der Waals surface area (Å²) in [6.07, 6.45) is 0. The average Bonchev–Trinajstić information content (AvgIpc) is 2.80. The van der Waals surface area contributed by atoms with Crippen LogP contribution in [0.25, 0.3) is 10.8 Å². The first-order valence-electron chi connectivity index (χ1n) is 10.5. The number of aliphatic hydroxyl groups excluding tert-OH is 1. The molecule has 4 aromatic carbocycles. The molecule has 0 amide bonds. The fraction of sp³-hybridized carbons (Fsp3) is 0.214. The third-order valence-corrected chi connectivity index (χ3v) is 6.31. The van der Waals surface area contributed by atoms with Gasteiger partial charge in [-0.25, -0.2) is 0 Å². The highest BCUT2D eigenvalue weighted by atomic mass is 28.2. The van der Waals surface area contributed by atoms with E-state index in [1.165, 1.54) is 5.56 Å². The van der Waals surface area contributed by atoms with Crippen LogP contribution in [0.3, 0.4) is 0 Å². The van der Waals surface area contributed by atoms with Crippen molar-refractivity contribution in [3.05, 3.63) is 119 Å². The summed E-state index contributed by atoms with van der Waals surface area (Å²) in [5.41, 5.74) is 4.14. The summed E-state index contributed by atoms with van der Waals surface area (Å²) < 4.78 is 6.24. The lowest BCUT2D eigenvalue weighted by Gasteiger charge is -2.37. The fourth-order valence-corrected chi connectivity index (χ4v) is 4.70. The van der Waals surface area contributed by atoms with Crippen molar-refractivity contribution in [2.24, 2.45) is 0 Å². The van der Waals surface area contributed by atoms with E-state index in [1.807, 2.05) is 42.5 Å². The van der Waals surface area contributed by atoms with Gasteiger partial charge in [0.25, 0.3) is 0 Å². The van der Waals surface area contributed by atoms with Crippen molar-refractivity contribution in [1.29, 1.82) is 0 Å². The van der Waals surface area contributed by atoms with Crippen molar-refractivity contribution in [3.8, 4) is 0 Å². The molecule has 0 aliphatic rings. The Balaban J connectivity index is 2.13. The van der Waals surface area contributed by atoms with E-state index in [0.717, 1.165) is 33.0 Å². The molecule has 0 saturated carbocycles. The molecule has 0 heterocycles. The average molecular weight is 424 g/mol. The molecule has 3 radical (unpaired) electrons. The van der Waals surface area contributed by atoms with E-state index in [4.69, 9.17) is 4.43 Å². The van der Waals surface area contributed by atoms with Crippen LogP contribution in [0, 0.1) is 0 Å². The zero-order valence-electron chi connectivity index (χ0n) is 18.2. The van der Waals surface area contributed by atoms with Crippen LogP contribution in [0.15, 0.2) is 91.0 Å². The number of benzene rings is 4. The van der Waals surface area contributed by atoms with Crippen LogP contribution in [-0.4, -0.2) is 15.6 Å². The van der Waals surface area contributed by atoms with E-state index < -0.39 is 5.60 Å². The lowest BCUT2D eigenvalue weighted by molar-refractivity contribution is 0.170. The van der Waals surface area contributed by atoms with Gasteiger partial charge in [-0.05, 0) is 38.4 Å². The fourth-order valence-electron chi connectivity index (χ4n) is 4.36. The largest absolute Gasteiger partial charge is 0.401 e. The van der Waals surface area contributed by atoms with Crippen LogP contribution in [-0.2, 0) is 22.0 Å². The van der Waals surface area contributed by atoms with Crippen LogP contribution in [0.4, 0.5) is 0 Å². The van der Waals surface area contributed by atoms with E-state index in [2.05, 4.69) is 79.8 Å². The van der Waals surface area contributed by atoms with E-state index in [-0.39, 0.29) is 12.0 Å². The highest BCUT2D eigenvalue weighted by Crippen LogP contribution is 2.45. The topological polar surface area (TPSA) is 29.5 Å². The van der Waals surface area contributed by atoms with Gasteiger partial charge in [0.2, 0.25) is 10.5 Å². The maximum absolute atomic E-state index is 10.3. The number of hydrogen-bond donors (Lipinski definition) is 1. The Morgan fingerprint density at radius 2 is 1.32 bits per heavy atom. The molecular weight excluding hydrogens is 396 g/mol. The zero-order valence-corrected chi connectivity index (χ0v) is 19.2. The van der Waals surface area contributed by atoms with Gasteiger partial charge in [-0.3, -0.25) is 0 Å². The molecule has 0 aliphatic heterocycles. The molecule has 4 rings (SSSR count). The summed E-state index contributed by atoms with van der Waals surface area (Å²) >= 11 is 0. The van der Waals surface area contributed by atoms with Crippen molar-refractivity contribution in [3.63, 3.8) is 0 Å². The van der Waals surface area contributed by atoms with Crippen molar-refractivity contribution in [2.45, 2.75) is 38.4 Å². The molecule has 2 nitrogen and oxygen atoms in total. The molecule has 155 valence electrons. The first-order chi connectivity index (χ1) is 14.9. The number of fused-ring (bicyclic) bond motifs is 1. The number of hydrogen-bond acceptors (Lipinski definition) is 2. The summed E-state index contributed by atoms with van der Waals surface area (Å²) in [5, 5.41) is 12.5. The molecule has 3 heteroatoms. The summed E-state index contributed by atoms with van der Waals surface area (Å²) in [6, 6.07) is 31.0. The highest BCUT2D eigenvalue weighted by molar-refractivity contribution is 5.99. The van der Waals surface area contributed by atoms with Crippen LogP contribution >= 0.6 is 0 Å². The van der Waals surface area contributed by atoms with Crippen LogP contribution in [0.2, 0.25) is 0 Å². The summed E-state index contributed by atoms with van der Waals surface area (Å²) in [6.45, 7) is 6.58. The maximum atomic E-state index is 10.3. The van der Waals surface area contributed by atoms with E-state index in [1.54, 1.807) is 0 Å². The normalized spacial score (nSPS) is 12.3. The van der Waals surface area contributed by atoms with E-state index >= 15 is 0 Å². The molecule has 0 aromatic heterocycles. The van der Waals surface area contributed by atoms with Gasteiger partial charge in [-0.15, -0.1) is 0 Å². The first-order valence-corrected chi connectivity index (χ1v) is 11.0. The molecule has 0 saturated heterocycles. The molecule has 0 bridgehead atoms. The second-order valence-corrected chi connectivity index (χ2v) is 9.16. The molecule has 0 spiro atoms. The zero-order chi connectivity index (χ0) is 22.1. The minimum atomic E-state index is -0.930. The van der Waals surface area contributed by atoms with Gasteiger partial charge < -0.3 is 9.53 Å². The molecule has 0 atom stereocenters. The standard InChI is InChI=1S/C28H27O2Si/c1-27(2,3)24-16-17-25-20(18-24)14-15-21(19-29)26(25)28(30-31,22-10-6-4-7-11-22)23-12-8-5-9-13-23/h4-18,29H,19H2,1-3H3. The summed E-state index contributed by atoms with van der Waals surface area (Å²) in [7, 11) is 3.46. The Kier molecular flexibility index (Phi) is 5.85. The third kappa shape index (κ3) is 3.74. The second-order valence-electron chi connectivity index (χ2n) is 8.96. The van der Waals surface area contributed by atoms with Gasteiger partial charge in [0, 0.05) is 5.56 Å². The van der Waals surface area contributed by atoms with Crippen molar-refractivity contribution >= 4 is 21.3 Å². The Bertz CT molecular complexity index is 1140. The first kappa shape index (κ1) is 21.5. The van der Waals surface area contributed by atoms with E-state index in [0.29, 0.717) is 0 Å². The smallest absolute Gasteiger partial charge is 0.248 e. The molecule has 1 N–H and O–H groups in total. The predicted molar refractivity (Wildman–Crippen MR) is 128 cm³/mol. The predicted octanol–water partition coefficient (Wildman–Crippen LogP) is 6.02. The minimum Gasteiger partial charge on any atom is -0.401 e. The monoisotopic (exact) mass is 423 g/mol. The maximum Gasteiger partial charge on any atom is 0.248 e. The van der Waals surface area contributed by atoms with Crippen molar-refractivity contribution in [2.75, 3.05) is 0 Å². The molecule has 0 aliphatic carbocycles. The Labute approximate surface area is 188 Å². The molecule has 4 aromatic rings.